The molecule has 0 aliphatic heterocycles. The lowest BCUT2D eigenvalue weighted by Gasteiger charge is -2.18. The first-order valence-corrected chi connectivity index (χ1v) is 24.4. The molecule has 0 aliphatic carbocycles. The van der Waals surface area contributed by atoms with Gasteiger partial charge < -0.3 is 14.2 Å². The van der Waals surface area contributed by atoms with Gasteiger partial charge in [-0.3, -0.25) is 14.4 Å². The third kappa shape index (κ3) is 41.9. The molecule has 1 unspecified atom stereocenters. The molecule has 0 aromatic heterocycles. The van der Waals surface area contributed by atoms with Crippen LogP contribution in [-0.4, -0.2) is 37.2 Å². The zero-order valence-electron chi connectivity index (χ0n) is 37.4. The van der Waals surface area contributed by atoms with E-state index in [9.17, 15) is 14.4 Å². The van der Waals surface area contributed by atoms with Crippen LogP contribution in [-0.2, 0) is 28.6 Å². The van der Waals surface area contributed by atoms with Gasteiger partial charge in [0.05, 0.1) is 0 Å². The van der Waals surface area contributed by atoms with Gasteiger partial charge >= 0.3 is 17.9 Å². The average Bonchev–Trinajstić information content (AvgIpc) is 3.18. The molecule has 55 heavy (non-hydrogen) atoms. The van der Waals surface area contributed by atoms with Crippen LogP contribution in [0.2, 0.25) is 0 Å². The highest BCUT2D eigenvalue weighted by atomic mass is 16.6. The third-order valence-corrected chi connectivity index (χ3v) is 11.4. The van der Waals surface area contributed by atoms with Gasteiger partial charge in [0.15, 0.2) is 6.10 Å². The third-order valence-electron chi connectivity index (χ3n) is 11.4. The van der Waals surface area contributed by atoms with Gasteiger partial charge in [0.1, 0.15) is 13.2 Å². The number of ether oxygens (including phenoxy) is 3. The van der Waals surface area contributed by atoms with E-state index in [4.69, 9.17) is 14.2 Å². The monoisotopic (exact) mass is 779 g/mol. The van der Waals surface area contributed by atoms with Gasteiger partial charge in [-0.2, -0.15) is 0 Å². The molecule has 0 saturated heterocycles. The lowest BCUT2D eigenvalue weighted by Crippen LogP contribution is -2.30. The smallest absolute Gasteiger partial charge is 0.306 e. The molecule has 6 heteroatoms. The maximum Gasteiger partial charge on any atom is 0.306 e. The Morgan fingerprint density at radius 3 is 0.945 bits per heavy atom. The fourth-order valence-corrected chi connectivity index (χ4v) is 7.30. The minimum atomic E-state index is -0.759. The quantitative estimate of drug-likeness (QED) is 0.0348. The molecular weight excluding hydrogens is 685 g/mol. The van der Waals surface area contributed by atoms with Crippen molar-refractivity contribution in [3.8, 4) is 0 Å². The minimum absolute atomic E-state index is 0.0642. The Hall–Kier alpha value is -1.59. The summed E-state index contributed by atoms with van der Waals surface area (Å²) in [6.45, 7) is 8.96. The van der Waals surface area contributed by atoms with Gasteiger partial charge in [0.2, 0.25) is 0 Å². The summed E-state index contributed by atoms with van der Waals surface area (Å²) in [4.78, 5) is 37.7. The average molecular weight is 779 g/mol. The first-order valence-electron chi connectivity index (χ1n) is 24.4. The second-order valence-corrected chi connectivity index (χ2v) is 17.0. The lowest BCUT2D eigenvalue weighted by molar-refractivity contribution is -0.167. The summed E-state index contributed by atoms with van der Waals surface area (Å²) >= 11 is 0. The molecule has 2 atom stereocenters. The molecule has 0 spiro atoms. The van der Waals surface area contributed by atoms with E-state index in [1.807, 2.05) is 0 Å². The highest BCUT2D eigenvalue weighted by molar-refractivity contribution is 5.71. The molecule has 0 heterocycles. The van der Waals surface area contributed by atoms with E-state index in [0.29, 0.717) is 19.3 Å². The summed E-state index contributed by atoms with van der Waals surface area (Å²) in [5.74, 6) is -0.0413. The zero-order valence-corrected chi connectivity index (χ0v) is 37.4. The van der Waals surface area contributed by atoms with Crippen LogP contribution >= 0.6 is 0 Å². The predicted molar refractivity (Wildman–Crippen MR) is 233 cm³/mol. The summed E-state index contributed by atoms with van der Waals surface area (Å²) in [6, 6.07) is 0. The van der Waals surface area contributed by atoms with E-state index in [-0.39, 0.29) is 31.1 Å². The van der Waals surface area contributed by atoms with E-state index in [0.717, 1.165) is 63.7 Å². The number of carbonyl (C=O) groups excluding carboxylic acids is 3. The van der Waals surface area contributed by atoms with Gasteiger partial charge in [0, 0.05) is 19.3 Å². The van der Waals surface area contributed by atoms with Crippen molar-refractivity contribution in [2.24, 2.45) is 5.92 Å². The molecule has 0 saturated carbocycles. The Kier molecular flexibility index (Phi) is 42.3. The largest absolute Gasteiger partial charge is 0.462 e. The zero-order chi connectivity index (χ0) is 40.3. The summed E-state index contributed by atoms with van der Waals surface area (Å²) in [5.41, 5.74) is 0. The molecule has 0 rings (SSSR count). The molecule has 0 N–H and O–H groups in total. The van der Waals surface area contributed by atoms with E-state index in [1.165, 1.54) is 167 Å². The van der Waals surface area contributed by atoms with Gasteiger partial charge in [-0.25, -0.2) is 0 Å². The summed E-state index contributed by atoms with van der Waals surface area (Å²) < 4.78 is 16.7. The minimum Gasteiger partial charge on any atom is -0.462 e. The number of unbranched alkanes of at least 4 members (excludes halogenated alkanes) is 30. The number of rotatable bonds is 44. The molecule has 0 amide bonds. The van der Waals surface area contributed by atoms with E-state index in [1.54, 1.807) is 0 Å². The van der Waals surface area contributed by atoms with Crippen molar-refractivity contribution in [1.82, 2.24) is 0 Å². The molecule has 6 nitrogen and oxygen atoms in total. The first-order chi connectivity index (χ1) is 26.9. The van der Waals surface area contributed by atoms with Crippen LogP contribution in [0.1, 0.15) is 272 Å². The number of esters is 3. The number of hydrogen-bond donors (Lipinski definition) is 0. The predicted octanol–water partition coefficient (Wildman–Crippen LogP) is 15.5. The second-order valence-electron chi connectivity index (χ2n) is 17.0. The van der Waals surface area contributed by atoms with Crippen LogP contribution in [0.25, 0.3) is 0 Å². The molecular formula is C49H94O6. The van der Waals surface area contributed by atoms with Crippen molar-refractivity contribution in [2.75, 3.05) is 13.2 Å². The molecule has 0 fully saturated rings. The van der Waals surface area contributed by atoms with Crippen LogP contribution in [0, 0.1) is 5.92 Å². The fourth-order valence-electron chi connectivity index (χ4n) is 7.30. The van der Waals surface area contributed by atoms with Crippen LogP contribution in [0.3, 0.4) is 0 Å². The van der Waals surface area contributed by atoms with Crippen molar-refractivity contribution < 1.29 is 28.6 Å². The van der Waals surface area contributed by atoms with E-state index >= 15 is 0 Å². The Bertz CT molecular complexity index is 828. The number of carbonyl (C=O) groups is 3. The van der Waals surface area contributed by atoms with Crippen LogP contribution < -0.4 is 0 Å². The molecule has 0 radical (unpaired) electrons. The fraction of sp³-hybridized carbons (Fsp3) is 0.939. The SMILES string of the molecule is CCCCCCCCCCCCCCCCCCCCC(=O)OC[C@H](COC(=O)CCCCCCCCC(C)CC)OC(=O)CCCCCCCCCCC. The first kappa shape index (κ1) is 53.4. The lowest BCUT2D eigenvalue weighted by atomic mass is 10.00. The Labute approximate surface area is 342 Å². The van der Waals surface area contributed by atoms with E-state index in [2.05, 4.69) is 27.7 Å². The maximum atomic E-state index is 12.7. The molecule has 326 valence electrons. The normalized spacial score (nSPS) is 12.4. The van der Waals surface area contributed by atoms with Crippen molar-refractivity contribution in [2.45, 2.75) is 278 Å². The van der Waals surface area contributed by atoms with Crippen LogP contribution in [0.4, 0.5) is 0 Å². The van der Waals surface area contributed by atoms with Crippen molar-refractivity contribution >= 4 is 17.9 Å². The summed E-state index contributed by atoms with van der Waals surface area (Å²) in [7, 11) is 0. The summed E-state index contributed by atoms with van der Waals surface area (Å²) in [6.07, 6.45) is 43.8. The van der Waals surface area contributed by atoms with Crippen LogP contribution in [0.15, 0.2) is 0 Å². The molecule has 0 bridgehead atoms. The molecule has 0 aromatic rings. The van der Waals surface area contributed by atoms with Gasteiger partial charge in [0.25, 0.3) is 0 Å². The topological polar surface area (TPSA) is 78.9 Å². The second kappa shape index (κ2) is 43.5. The van der Waals surface area contributed by atoms with Crippen LogP contribution in [0.5, 0.6) is 0 Å². The highest BCUT2D eigenvalue weighted by Gasteiger charge is 2.19. The Balaban J connectivity index is 4.21. The highest BCUT2D eigenvalue weighted by Crippen LogP contribution is 2.17. The van der Waals surface area contributed by atoms with Gasteiger partial charge in [-0.15, -0.1) is 0 Å². The van der Waals surface area contributed by atoms with Crippen molar-refractivity contribution in [1.29, 1.82) is 0 Å². The maximum absolute atomic E-state index is 12.7. The van der Waals surface area contributed by atoms with Gasteiger partial charge in [-0.05, 0) is 25.2 Å². The molecule has 0 aromatic carbocycles. The standard InChI is InChI=1S/C49H94O6/c1-5-8-10-12-14-16-17-18-19-20-21-22-23-24-26-27-32-36-40-47(50)53-43-46(55-49(52)42-38-34-28-25-15-13-11-9-6-2)44-54-48(51)41-37-33-30-29-31-35-39-45(4)7-3/h45-46H,5-44H2,1-4H3/t45?,46-/m1/s1. The van der Waals surface area contributed by atoms with Gasteiger partial charge in [-0.1, -0.05) is 233 Å². The molecule has 0 aliphatic rings. The van der Waals surface area contributed by atoms with E-state index < -0.39 is 6.10 Å². The number of hydrogen-bond acceptors (Lipinski definition) is 6. The van der Waals surface area contributed by atoms with Crippen molar-refractivity contribution in [3.63, 3.8) is 0 Å². The Morgan fingerprint density at radius 2 is 0.636 bits per heavy atom. The summed E-state index contributed by atoms with van der Waals surface area (Å²) in [5, 5.41) is 0. The van der Waals surface area contributed by atoms with Crippen molar-refractivity contribution in [3.05, 3.63) is 0 Å². The Morgan fingerprint density at radius 1 is 0.364 bits per heavy atom.